The lowest BCUT2D eigenvalue weighted by Crippen LogP contribution is -2.53. The number of benzene rings is 1. The van der Waals surface area contributed by atoms with E-state index in [1.807, 2.05) is 30.3 Å². The molecule has 1 unspecified atom stereocenters. The molecule has 3 amide bonds. The normalized spacial score (nSPS) is 18.7. The number of amides is 3. The molecule has 10 heteroatoms. The van der Waals surface area contributed by atoms with Gasteiger partial charge < -0.3 is 14.8 Å². The van der Waals surface area contributed by atoms with Crippen LogP contribution in [0, 0.1) is 0 Å². The van der Waals surface area contributed by atoms with E-state index in [9.17, 15) is 14.4 Å². The Kier molecular flexibility index (Phi) is 10.4. The minimum atomic E-state index is -0.993. The first-order valence-electron chi connectivity index (χ1n) is 15.3. The fraction of sp³-hybridized carbons (Fsp3) is 0.576. The van der Waals surface area contributed by atoms with Gasteiger partial charge in [0.15, 0.2) is 0 Å². The highest BCUT2D eigenvalue weighted by Crippen LogP contribution is 2.33. The van der Waals surface area contributed by atoms with Crippen LogP contribution in [0.5, 0.6) is 0 Å². The van der Waals surface area contributed by atoms with Crippen molar-refractivity contribution in [2.24, 2.45) is 0 Å². The molecule has 2 atom stereocenters. The zero-order chi connectivity index (χ0) is 31.2. The number of hydrogen-bond acceptors (Lipinski definition) is 7. The quantitative estimate of drug-likeness (QED) is 0.487. The molecule has 0 radical (unpaired) electrons. The number of ether oxygens (including phenoxy) is 2. The minimum Gasteiger partial charge on any atom is -0.444 e. The maximum absolute atomic E-state index is 14.6. The lowest BCUT2D eigenvalue weighted by Gasteiger charge is -2.36. The monoisotopic (exact) mass is 593 g/mol. The summed E-state index contributed by atoms with van der Waals surface area (Å²) >= 11 is 0. The highest BCUT2D eigenvalue weighted by atomic mass is 16.6. The Morgan fingerprint density at radius 1 is 1.05 bits per heavy atom. The fourth-order valence-electron chi connectivity index (χ4n) is 5.46. The molecule has 4 rings (SSSR count). The molecule has 1 aromatic carbocycles. The maximum Gasteiger partial charge on any atom is 0.410 e. The van der Waals surface area contributed by atoms with Crippen LogP contribution in [0.25, 0.3) is 0 Å². The van der Waals surface area contributed by atoms with Gasteiger partial charge >= 0.3 is 6.09 Å². The van der Waals surface area contributed by atoms with Gasteiger partial charge in [-0.3, -0.25) is 29.3 Å². The van der Waals surface area contributed by atoms with Crippen LogP contribution in [0.1, 0.15) is 71.6 Å². The number of likely N-dealkylation sites (tertiary alicyclic amines) is 1. The van der Waals surface area contributed by atoms with Gasteiger partial charge in [0.25, 0.3) is 5.91 Å². The topological polar surface area (TPSA) is 104 Å². The van der Waals surface area contributed by atoms with E-state index in [0.29, 0.717) is 56.9 Å². The Hall–Kier alpha value is -3.50. The minimum absolute atomic E-state index is 0.0913. The third kappa shape index (κ3) is 8.54. The molecule has 0 saturated carbocycles. The van der Waals surface area contributed by atoms with Gasteiger partial charge in [0.2, 0.25) is 5.91 Å². The van der Waals surface area contributed by atoms with Crippen LogP contribution >= 0.6 is 0 Å². The second kappa shape index (κ2) is 13.9. The van der Waals surface area contributed by atoms with Gasteiger partial charge in [-0.05, 0) is 62.8 Å². The van der Waals surface area contributed by atoms with E-state index in [0.717, 1.165) is 18.7 Å². The molecule has 2 fully saturated rings. The summed E-state index contributed by atoms with van der Waals surface area (Å²) in [6.07, 6.45) is 3.88. The van der Waals surface area contributed by atoms with E-state index >= 15 is 0 Å². The van der Waals surface area contributed by atoms with Gasteiger partial charge in [-0.2, -0.15) is 0 Å². The highest BCUT2D eigenvalue weighted by Gasteiger charge is 2.43. The summed E-state index contributed by atoms with van der Waals surface area (Å²) in [5, 5.41) is 3.08. The summed E-state index contributed by atoms with van der Waals surface area (Å²) in [7, 11) is 0. The third-order valence-corrected chi connectivity index (χ3v) is 7.75. The van der Waals surface area contributed by atoms with Crippen molar-refractivity contribution in [3.05, 3.63) is 59.9 Å². The van der Waals surface area contributed by atoms with E-state index in [1.165, 1.54) is 4.90 Å². The lowest BCUT2D eigenvalue weighted by atomic mass is 9.87. The first-order valence-corrected chi connectivity index (χ1v) is 15.3. The fourth-order valence-corrected chi connectivity index (χ4v) is 5.46. The lowest BCUT2D eigenvalue weighted by molar-refractivity contribution is -0.128. The maximum atomic E-state index is 14.6. The van der Waals surface area contributed by atoms with Crippen LogP contribution in [0.15, 0.2) is 48.8 Å². The molecule has 3 heterocycles. The third-order valence-electron chi connectivity index (χ3n) is 7.75. The van der Waals surface area contributed by atoms with E-state index < -0.39 is 23.8 Å². The molecule has 0 spiro atoms. The summed E-state index contributed by atoms with van der Waals surface area (Å²) in [6.45, 7) is 16.3. The van der Waals surface area contributed by atoms with E-state index in [2.05, 4.69) is 36.0 Å². The summed E-state index contributed by atoms with van der Waals surface area (Å²) in [6, 6.07) is 9.56. The predicted octanol–water partition coefficient (Wildman–Crippen LogP) is 4.30. The molecule has 234 valence electrons. The Bertz CT molecular complexity index is 1230. The van der Waals surface area contributed by atoms with Crippen molar-refractivity contribution in [1.29, 1.82) is 0 Å². The largest absolute Gasteiger partial charge is 0.444 e. The van der Waals surface area contributed by atoms with Gasteiger partial charge in [-0.1, -0.05) is 39.0 Å². The number of morpholine rings is 1. The Labute approximate surface area is 255 Å². The zero-order valence-electron chi connectivity index (χ0n) is 26.5. The Balaban J connectivity index is 1.70. The van der Waals surface area contributed by atoms with Crippen molar-refractivity contribution in [1.82, 2.24) is 20.1 Å². The Morgan fingerprint density at radius 2 is 1.74 bits per heavy atom. The summed E-state index contributed by atoms with van der Waals surface area (Å²) in [4.78, 5) is 51.4. The standard InChI is InChI=1S/C33H47N5O5/c1-32(2,3)25-11-13-26(14-12-25)38(30(40)27-10-8-17-37(27)31(41)43-33(4,5)6)28(24-9-7-15-34-23-24)29(39)35-16-18-36-19-21-42-22-20-36/h7,9,11-15,23,27-28H,8,10,16-22H2,1-6H3,(H,35,39)/t27-,28?/m1/s1. The predicted molar refractivity (Wildman–Crippen MR) is 166 cm³/mol. The van der Waals surface area contributed by atoms with Crippen LogP contribution in [-0.4, -0.2) is 90.3 Å². The average molecular weight is 594 g/mol. The summed E-state index contributed by atoms with van der Waals surface area (Å²) in [5.74, 6) is -0.639. The van der Waals surface area contributed by atoms with Gasteiger partial charge in [0, 0.05) is 56.4 Å². The van der Waals surface area contributed by atoms with Crippen molar-refractivity contribution in [3.63, 3.8) is 0 Å². The highest BCUT2D eigenvalue weighted by molar-refractivity contribution is 6.04. The number of carbonyl (C=O) groups is 3. The Morgan fingerprint density at radius 3 is 2.35 bits per heavy atom. The van der Waals surface area contributed by atoms with Crippen LogP contribution in [0.3, 0.4) is 0 Å². The molecule has 2 aromatic rings. The molecular weight excluding hydrogens is 546 g/mol. The number of carbonyl (C=O) groups excluding carboxylic acids is 3. The van der Waals surface area contributed by atoms with Crippen LogP contribution in [-0.2, 0) is 24.5 Å². The molecule has 1 N–H and O–H groups in total. The number of nitrogens with zero attached hydrogens (tertiary/aromatic N) is 4. The van der Waals surface area contributed by atoms with Crippen molar-refractivity contribution >= 4 is 23.6 Å². The summed E-state index contributed by atoms with van der Waals surface area (Å²) in [5.41, 5.74) is 1.47. The van der Waals surface area contributed by atoms with Gasteiger partial charge in [0.1, 0.15) is 17.7 Å². The smallest absolute Gasteiger partial charge is 0.410 e. The summed E-state index contributed by atoms with van der Waals surface area (Å²) < 4.78 is 11.1. The van der Waals surface area contributed by atoms with Crippen molar-refractivity contribution in [3.8, 4) is 0 Å². The second-order valence-electron chi connectivity index (χ2n) is 13.3. The van der Waals surface area contributed by atoms with E-state index in [1.54, 1.807) is 44.1 Å². The van der Waals surface area contributed by atoms with Crippen LogP contribution < -0.4 is 10.2 Å². The number of pyridine rings is 1. The average Bonchev–Trinajstić information content (AvgIpc) is 3.46. The number of hydrogen-bond donors (Lipinski definition) is 1. The second-order valence-corrected chi connectivity index (χ2v) is 13.3. The number of anilines is 1. The molecule has 0 aliphatic carbocycles. The van der Waals surface area contributed by atoms with Crippen molar-refractivity contribution in [2.75, 3.05) is 50.8 Å². The SMILES string of the molecule is CC(C)(C)OC(=O)N1CCC[C@@H]1C(=O)N(c1ccc(C(C)(C)C)cc1)C(C(=O)NCCN1CCOCC1)c1cccnc1. The number of rotatable bonds is 8. The van der Waals surface area contributed by atoms with Crippen molar-refractivity contribution in [2.45, 2.75) is 77.5 Å². The molecule has 43 heavy (non-hydrogen) atoms. The molecule has 0 bridgehead atoms. The number of aromatic nitrogens is 1. The molecule has 10 nitrogen and oxygen atoms in total. The van der Waals surface area contributed by atoms with Gasteiger partial charge in [0.05, 0.1) is 13.2 Å². The molecular formula is C33H47N5O5. The first kappa shape index (κ1) is 32.4. The first-order chi connectivity index (χ1) is 20.3. The zero-order valence-corrected chi connectivity index (χ0v) is 26.5. The van der Waals surface area contributed by atoms with Crippen LogP contribution in [0.2, 0.25) is 0 Å². The van der Waals surface area contributed by atoms with E-state index in [-0.39, 0.29) is 17.2 Å². The molecule has 2 aliphatic rings. The van der Waals surface area contributed by atoms with E-state index in [4.69, 9.17) is 9.47 Å². The van der Waals surface area contributed by atoms with Gasteiger partial charge in [-0.15, -0.1) is 0 Å². The molecule has 2 saturated heterocycles. The van der Waals surface area contributed by atoms with Crippen molar-refractivity contribution < 1.29 is 23.9 Å². The molecule has 1 aromatic heterocycles. The number of nitrogens with one attached hydrogen (secondary N) is 1. The van der Waals surface area contributed by atoms with Crippen LogP contribution in [0.4, 0.5) is 10.5 Å². The van der Waals surface area contributed by atoms with Gasteiger partial charge in [-0.25, -0.2) is 4.79 Å². The molecule has 2 aliphatic heterocycles.